The molecule has 0 fully saturated rings. The highest BCUT2D eigenvalue weighted by Gasteiger charge is 2.02. The van der Waals surface area contributed by atoms with Crippen LogP contribution in [0, 0.1) is 14.9 Å². The molecule has 0 aliphatic carbocycles. The fraction of sp³-hybridized carbons (Fsp3) is 0.111. The summed E-state index contributed by atoms with van der Waals surface area (Å²) in [5.41, 5.74) is 2.32. The molecule has 0 N–H and O–H groups in total. The number of benzene rings is 2. The van der Waals surface area contributed by atoms with E-state index in [1.165, 1.54) is 0 Å². The van der Waals surface area contributed by atoms with Crippen molar-refractivity contribution in [3.63, 3.8) is 0 Å². The SMILES string of the molecule is C=CCOc1ccc(/C=N\OCc2ccccc2C#N)cc1I. The maximum absolute atomic E-state index is 9.01. The van der Waals surface area contributed by atoms with Gasteiger partial charge in [0.15, 0.2) is 0 Å². The molecular weight excluding hydrogens is 403 g/mol. The van der Waals surface area contributed by atoms with E-state index in [9.17, 15) is 0 Å². The Morgan fingerprint density at radius 1 is 1.26 bits per heavy atom. The molecule has 2 aromatic rings. The molecule has 0 radical (unpaired) electrons. The maximum Gasteiger partial charge on any atom is 0.143 e. The van der Waals surface area contributed by atoms with Gasteiger partial charge in [0.2, 0.25) is 0 Å². The molecule has 0 amide bonds. The second-order valence-corrected chi connectivity index (χ2v) is 5.73. The van der Waals surface area contributed by atoms with Crippen molar-refractivity contribution in [3.05, 3.63) is 75.4 Å². The second-order valence-electron chi connectivity index (χ2n) is 4.57. The van der Waals surface area contributed by atoms with E-state index in [4.69, 9.17) is 14.8 Å². The number of ether oxygens (including phenoxy) is 1. The van der Waals surface area contributed by atoms with Crippen LogP contribution in [-0.4, -0.2) is 12.8 Å². The number of oxime groups is 1. The molecule has 0 spiro atoms. The zero-order valence-corrected chi connectivity index (χ0v) is 14.6. The zero-order valence-electron chi connectivity index (χ0n) is 12.4. The first-order valence-corrected chi connectivity index (χ1v) is 7.99. The molecule has 0 saturated carbocycles. The molecule has 0 aromatic heterocycles. The minimum atomic E-state index is 0.262. The van der Waals surface area contributed by atoms with E-state index >= 15 is 0 Å². The zero-order chi connectivity index (χ0) is 16.5. The minimum absolute atomic E-state index is 0.262. The summed E-state index contributed by atoms with van der Waals surface area (Å²) in [6, 6.07) is 15.2. The topological polar surface area (TPSA) is 54.6 Å². The van der Waals surface area contributed by atoms with Gasteiger partial charge in [0, 0.05) is 5.56 Å². The molecule has 23 heavy (non-hydrogen) atoms. The van der Waals surface area contributed by atoms with E-state index in [1.807, 2.05) is 36.4 Å². The number of nitriles is 1. The summed E-state index contributed by atoms with van der Waals surface area (Å²) < 4.78 is 6.51. The smallest absolute Gasteiger partial charge is 0.143 e. The van der Waals surface area contributed by atoms with Crippen LogP contribution in [0.1, 0.15) is 16.7 Å². The largest absolute Gasteiger partial charge is 0.488 e. The highest BCUT2D eigenvalue weighted by molar-refractivity contribution is 14.1. The number of hydrogen-bond donors (Lipinski definition) is 0. The van der Waals surface area contributed by atoms with Crippen molar-refractivity contribution in [1.29, 1.82) is 5.26 Å². The molecule has 0 aliphatic rings. The molecule has 0 heterocycles. The van der Waals surface area contributed by atoms with Gasteiger partial charge in [-0.3, -0.25) is 0 Å². The number of halogens is 1. The standard InChI is InChI=1S/C18H15IN2O2/c1-2-9-22-18-8-7-14(10-17(18)19)12-21-23-13-16-6-4-3-5-15(16)11-20/h2-8,10,12H,1,9,13H2/b21-12-. The quantitative estimate of drug-likeness (QED) is 0.292. The van der Waals surface area contributed by atoms with Crippen LogP contribution in [0.15, 0.2) is 60.3 Å². The van der Waals surface area contributed by atoms with Crippen molar-refractivity contribution in [1.82, 2.24) is 0 Å². The summed E-state index contributed by atoms with van der Waals surface area (Å²) in [4.78, 5) is 5.27. The minimum Gasteiger partial charge on any atom is -0.488 e. The molecule has 0 bridgehead atoms. The Kier molecular flexibility index (Phi) is 6.63. The van der Waals surface area contributed by atoms with Gasteiger partial charge in [-0.15, -0.1) is 0 Å². The highest BCUT2D eigenvalue weighted by Crippen LogP contribution is 2.21. The van der Waals surface area contributed by atoms with E-state index in [0.717, 1.165) is 20.4 Å². The summed E-state index contributed by atoms with van der Waals surface area (Å²) in [6.45, 7) is 4.36. The van der Waals surface area contributed by atoms with Crippen molar-refractivity contribution in [2.45, 2.75) is 6.61 Å². The van der Waals surface area contributed by atoms with Crippen molar-refractivity contribution in [2.24, 2.45) is 5.16 Å². The molecule has 5 heteroatoms. The molecule has 0 unspecified atom stereocenters. The molecule has 2 rings (SSSR count). The summed E-state index contributed by atoms with van der Waals surface area (Å²) in [5, 5.41) is 13.0. The van der Waals surface area contributed by atoms with Gasteiger partial charge < -0.3 is 9.57 Å². The van der Waals surface area contributed by atoms with Crippen LogP contribution in [0.4, 0.5) is 0 Å². The van der Waals surface area contributed by atoms with Crippen LogP contribution in [0.25, 0.3) is 0 Å². The molecule has 4 nitrogen and oxygen atoms in total. The summed E-state index contributed by atoms with van der Waals surface area (Å²) >= 11 is 2.21. The van der Waals surface area contributed by atoms with Crippen LogP contribution in [0.2, 0.25) is 0 Å². The van der Waals surface area contributed by atoms with Gasteiger partial charge >= 0.3 is 0 Å². The van der Waals surface area contributed by atoms with Gasteiger partial charge in [0.25, 0.3) is 0 Å². The summed E-state index contributed by atoms with van der Waals surface area (Å²) in [7, 11) is 0. The van der Waals surface area contributed by atoms with Gasteiger partial charge in [0.1, 0.15) is 19.0 Å². The van der Waals surface area contributed by atoms with Gasteiger partial charge in [-0.25, -0.2) is 0 Å². The van der Waals surface area contributed by atoms with Crippen LogP contribution >= 0.6 is 22.6 Å². The molecule has 2 aromatic carbocycles. The normalized spacial score (nSPS) is 10.3. The van der Waals surface area contributed by atoms with Crippen molar-refractivity contribution >= 4 is 28.8 Å². The molecule has 0 aliphatic heterocycles. The first kappa shape index (κ1) is 17.0. The Morgan fingerprint density at radius 2 is 2.09 bits per heavy atom. The van der Waals surface area contributed by atoms with E-state index in [2.05, 4.69) is 40.4 Å². The van der Waals surface area contributed by atoms with E-state index in [-0.39, 0.29) is 6.61 Å². The van der Waals surface area contributed by atoms with E-state index < -0.39 is 0 Å². The average molecular weight is 418 g/mol. The summed E-state index contributed by atoms with van der Waals surface area (Å²) in [6.07, 6.45) is 3.34. The molecule has 0 saturated heterocycles. The first-order valence-electron chi connectivity index (χ1n) is 6.91. The fourth-order valence-electron chi connectivity index (χ4n) is 1.82. The predicted molar refractivity (Wildman–Crippen MR) is 98.4 cm³/mol. The van der Waals surface area contributed by atoms with Crippen LogP contribution < -0.4 is 4.74 Å². The number of hydrogen-bond acceptors (Lipinski definition) is 4. The second kappa shape index (κ2) is 8.96. The van der Waals surface area contributed by atoms with Crippen molar-refractivity contribution in [2.75, 3.05) is 6.61 Å². The van der Waals surface area contributed by atoms with Crippen molar-refractivity contribution in [3.8, 4) is 11.8 Å². The van der Waals surface area contributed by atoms with Crippen LogP contribution in [-0.2, 0) is 11.4 Å². The van der Waals surface area contributed by atoms with Crippen LogP contribution in [0.3, 0.4) is 0 Å². The first-order chi connectivity index (χ1) is 11.2. The lowest BCUT2D eigenvalue weighted by Gasteiger charge is -2.06. The summed E-state index contributed by atoms with van der Waals surface area (Å²) in [5.74, 6) is 0.812. The third-order valence-corrected chi connectivity index (χ3v) is 3.79. The Labute approximate surface area is 149 Å². The predicted octanol–water partition coefficient (Wildman–Crippen LogP) is 4.28. The van der Waals surface area contributed by atoms with E-state index in [0.29, 0.717) is 12.2 Å². The Morgan fingerprint density at radius 3 is 2.83 bits per heavy atom. The maximum atomic E-state index is 9.01. The third-order valence-electron chi connectivity index (χ3n) is 2.95. The molecule has 116 valence electrons. The Bertz CT molecular complexity index is 751. The highest BCUT2D eigenvalue weighted by atomic mass is 127. The monoisotopic (exact) mass is 418 g/mol. The van der Waals surface area contributed by atoms with Gasteiger partial charge in [-0.1, -0.05) is 36.0 Å². The van der Waals surface area contributed by atoms with Gasteiger partial charge in [-0.05, 0) is 52.4 Å². The fourth-order valence-corrected chi connectivity index (χ4v) is 2.52. The Hall–Kier alpha value is -2.33. The lowest BCUT2D eigenvalue weighted by Crippen LogP contribution is -1.96. The number of nitrogens with zero attached hydrogens (tertiary/aromatic N) is 2. The van der Waals surface area contributed by atoms with Gasteiger partial charge in [-0.2, -0.15) is 5.26 Å². The Balaban J connectivity index is 1.94. The molecular formula is C18H15IN2O2. The lowest BCUT2D eigenvalue weighted by atomic mass is 10.1. The average Bonchev–Trinajstić information content (AvgIpc) is 2.58. The third kappa shape index (κ3) is 5.11. The lowest BCUT2D eigenvalue weighted by molar-refractivity contribution is 0.132. The van der Waals surface area contributed by atoms with Gasteiger partial charge in [0.05, 0.1) is 21.4 Å². The van der Waals surface area contributed by atoms with Crippen LogP contribution in [0.5, 0.6) is 5.75 Å². The van der Waals surface area contributed by atoms with Crippen molar-refractivity contribution < 1.29 is 9.57 Å². The molecule has 0 atom stereocenters. The van der Waals surface area contributed by atoms with E-state index in [1.54, 1.807) is 18.4 Å². The number of rotatable bonds is 7.